The average molecular weight is 738 g/mol. The van der Waals surface area contributed by atoms with Gasteiger partial charge in [-0.2, -0.15) is 13.2 Å². The smallest absolute Gasteiger partial charge is 0.406 e. The van der Waals surface area contributed by atoms with Crippen molar-refractivity contribution in [3.8, 4) is 11.3 Å². The molecule has 1 atom stereocenters. The van der Waals surface area contributed by atoms with Crippen molar-refractivity contribution in [1.29, 1.82) is 0 Å². The molecule has 0 radical (unpaired) electrons. The van der Waals surface area contributed by atoms with E-state index in [4.69, 9.17) is 4.74 Å². The van der Waals surface area contributed by atoms with Crippen molar-refractivity contribution in [1.82, 2.24) is 9.55 Å². The van der Waals surface area contributed by atoms with Crippen LogP contribution in [0.3, 0.4) is 0 Å². The molecule has 0 bridgehead atoms. The Bertz CT molecular complexity index is 1820. The van der Waals surface area contributed by atoms with Gasteiger partial charge in [0.15, 0.2) is 0 Å². The fraction of sp³-hybridized carbons (Fsp3) is 0.359. The number of halogens is 4. The average Bonchev–Trinajstić information content (AvgIpc) is 3.33. The van der Waals surface area contributed by atoms with Crippen LogP contribution in [0.5, 0.6) is 0 Å². The molecule has 2 aromatic heterocycles. The van der Waals surface area contributed by atoms with E-state index >= 15 is 0 Å². The Hall–Kier alpha value is -3.24. The number of pyridine rings is 1. The third kappa shape index (κ3) is 7.34. The molecule has 0 amide bonds. The molecule has 0 saturated carbocycles. The molecular weight excluding hydrogens is 693 g/mol. The Morgan fingerprint density at radius 1 is 0.875 bits per heavy atom. The number of hydrogen-bond donors (Lipinski definition) is 1. The number of methoxy groups -OCH3 is 1. The van der Waals surface area contributed by atoms with Crippen LogP contribution in [0.1, 0.15) is 64.8 Å². The minimum absolute atomic E-state index is 0.344. The molecule has 48 heavy (non-hydrogen) atoms. The zero-order valence-electron chi connectivity index (χ0n) is 28.4. The van der Waals surface area contributed by atoms with Crippen molar-refractivity contribution < 1.29 is 22.7 Å². The summed E-state index contributed by atoms with van der Waals surface area (Å²) in [5.41, 5.74) is 2.75. The maximum atomic E-state index is 14.3. The Morgan fingerprint density at radius 2 is 1.48 bits per heavy atom. The van der Waals surface area contributed by atoms with E-state index in [1.807, 2.05) is 79.7 Å². The number of aromatic nitrogens is 2. The SMILES string of the molecule is CO[C@@H](C)c1ncccc1-c1c(CC(C)(C)CCC(C)(C)[Si](O)(c2ccccc2)c2ccccc2)c2cc(Br)ccc2n1CC(F)(F)F. The predicted octanol–water partition coefficient (Wildman–Crippen LogP) is 9.62. The van der Waals surface area contributed by atoms with E-state index in [0.29, 0.717) is 35.3 Å². The minimum atomic E-state index is -4.44. The molecule has 0 aliphatic heterocycles. The lowest BCUT2D eigenvalue weighted by atomic mass is 9.78. The second-order valence-electron chi connectivity index (χ2n) is 14.2. The first kappa shape index (κ1) is 36.0. The van der Waals surface area contributed by atoms with E-state index in [-0.39, 0.29) is 5.41 Å². The van der Waals surface area contributed by atoms with Gasteiger partial charge in [0, 0.05) is 34.2 Å². The molecule has 9 heteroatoms. The van der Waals surface area contributed by atoms with Crippen LogP contribution in [-0.2, 0) is 17.7 Å². The highest BCUT2D eigenvalue weighted by molar-refractivity contribution is 9.10. The largest absolute Gasteiger partial charge is 0.424 e. The fourth-order valence-corrected chi connectivity index (χ4v) is 11.1. The molecule has 0 fully saturated rings. The highest BCUT2D eigenvalue weighted by Crippen LogP contribution is 2.46. The molecule has 5 rings (SSSR count). The zero-order valence-corrected chi connectivity index (χ0v) is 31.0. The first-order valence-electron chi connectivity index (χ1n) is 16.3. The van der Waals surface area contributed by atoms with Gasteiger partial charge in [0.2, 0.25) is 0 Å². The predicted molar refractivity (Wildman–Crippen MR) is 195 cm³/mol. The van der Waals surface area contributed by atoms with Crippen LogP contribution in [0.2, 0.25) is 5.04 Å². The second kappa shape index (κ2) is 13.9. The van der Waals surface area contributed by atoms with Gasteiger partial charge in [0.05, 0.1) is 17.5 Å². The Kier molecular flexibility index (Phi) is 10.5. The third-order valence-corrected chi connectivity index (χ3v) is 14.8. The molecule has 5 aromatic rings. The van der Waals surface area contributed by atoms with Gasteiger partial charge in [-0.1, -0.05) is 104 Å². The molecule has 0 aliphatic carbocycles. The maximum Gasteiger partial charge on any atom is 0.406 e. The summed E-state index contributed by atoms with van der Waals surface area (Å²) in [4.78, 5) is 17.3. The van der Waals surface area contributed by atoms with Crippen molar-refractivity contribution >= 4 is 45.5 Å². The zero-order chi connectivity index (χ0) is 34.9. The molecule has 0 aliphatic rings. The molecule has 0 unspecified atom stereocenters. The summed E-state index contributed by atoms with van der Waals surface area (Å²) in [5.74, 6) is 0. The van der Waals surface area contributed by atoms with E-state index < -0.39 is 32.2 Å². The minimum Gasteiger partial charge on any atom is -0.424 e. The molecule has 0 saturated heterocycles. The lowest BCUT2D eigenvalue weighted by molar-refractivity contribution is -0.139. The topological polar surface area (TPSA) is 47.3 Å². The van der Waals surface area contributed by atoms with Gasteiger partial charge in [-0.05, 0) is 82.9 Å². The van der Waals surface area contributed by atoms with E-state index in [2.05, 4.69) is 48.6 Å². The lowest BCUT2D eigenvalue weighted by Crippen LogP contribution is -2.65. The Morgan fingerprint density at radius 3 is 2.04 bits per heavy atom. The van der Waals surface area contributed by atoms with Gasteiger partial charge in [0.1, 0.15) is 6.54 Å². The monoisotopic (exact) mass is 736 g/mol. The van der Waals surface area contributed by atoms with Crippen LogP contribution in [0, 0.1) is 5.41 Å². The molecule has 2 heterocycles. The maximum absolute atomic E-state index is 14.3. The van der Waals surface area contributed by atoms with Crippen molar-refractivity contribution in [3.63, 3.8) is 0 Å². The number of nitrogens with zero attached hydrogens (tertiary/aromatic N) is 2. The number of rotatable bonds is 12. The number of benzene rings is 3. The molecule has 3 aromatic carbocycles. The summed E-state index contributed by atoms with van der Waals surface area (Å²) in [7, 11) is -1.66. The first-order chi connectivity index (χ1) is 22.6. The normalized spacial score (nSPS) is 13.6. The highest BCUT2D eigenvalue weighted by atomic mass is 79.9. The first-order valence-corrected chi connectivity index (χ1v) is 19.0. The highest BCUT2D eigenvalue weighted by Gasteiger charge is 2.50. The van der Waals surface area contributed by atoms with E-state index in [0.717, 1.165) is 32.2 Å². The van der Waals surface area contributed by atoms with E-state index in [1.165, 1.54) is 4.57 Å². The Labute approximate surface area is 291 Å². The molecular formula is C39H44BrF3N2O2Si. The van der Waals surface area contributed by atoms with Crippen molar-refractivity contribution in [3.05, 3.63) is 113 Å². The summed E-state index contributed by atoms with van der Waals surface area (Å²) >= 11 is 3.58. The number of ether oxygens (including phenoxy) is 1. The van der Waals surface area contributed by atoms with E-state index in [9.17, 15) is 18.0 Å². The van der Waals surface area contributed by atoms with Crippen molar-refractivity contribution in [2.24, 2.45) is 5.41 Å². The summed E-state index contributed by atoms with van der Waals surface area (Å²) in [5, 5.41) is 2.22. The number of alkyl halides is 3. The number of hydrogen-bond acceptors (Lipinski definition) is 3. The molecule has 0 spiro atoms. The summed E-state index contributed by atoms with van der Waals surface area (Å²) < 4.78 is 50.6. The van der Waals surface area contributed by atoms with Crippen LogP contribution in [-0.4, -0.2) is 36.0 Å². The lowest BCUT2D eigenvalue weighted by Gasteiger charge is -2.43. The van der Waals surface area contributed by atoms with Crippen LogP contribution in [0.4, 0.5) is 13.2 Å². The molecule has 1 N–H and O–H groups in total. The summed E-state index contributed by atoms with van der Waals surface area (Å²) in [6.07, 6.45) is -1.25. The van der Waals surface area contributed by atoms with E-state index in [1.54, 1.807) is 31.5 Å². The van der Waals surface area contributed by atoms with Gasteiger partial charge < -0.3 is 14.1 Å². The molecule has 254 valence electrons. The van der Waals surface area contributed by atoms with Crippen LogP contribution < -0.4 is 10.4 Å². The quantitative estimate of drug-likeness (QED) is 0.130. The van der Waals surface area contributed by atoms with Crippen molar-refractivity contribution in [2.45, 2.75) is 77.7 Å². The summed E-state index contributed by atoms with van der Waals surface area (Å²) in [6, 6.07) is 29.0. The second-order valence-corrected chi connectivity index (χ2v) is 19.0. The fourth-order valence-electron chi connectivity index (χ4n) is 6.99. The van der Waals surface area contributed by atoms with Gasteiger partial charge in [0.25, 0.3) is 8.32 Å². The van der Waals surface area contributed by atoms with Crippen LogP contribution >= 0.6 is 15.9 Å². The third-order valence-electron chi connectivity index (χ3n) is 9.74. The van der Waals surface area contributed by atoms with Crippen molar-refractivity contribution in [2.75, 3.05) is 7.11 Å². The van der Waals surface area contributed by atoms with Gasteiger partial charge >= 0.3 is 6.18 Å². The molecule has 4 nitrogen and oxygen atoms in total. The van der Waals surface area contributed by atoms with Gasteiger partial charge in [-0.3, -0.25) is 4.98 Å². The van der Waals surface area contributed by atoms with Crippen LogP contribution in [0.25, 0.3) is 22.2 Å². The Balaban J connectivity index is 1.61. The van der Waals surface area contributed by atoms with Crippen LogP contribution in [0.15, 0.2) is 102 Å². The summed E-state index contributed by atoms with van der Waals surface area (Å²) in [6.45, 7) is 9.38. The van der Waals surface area contributed by atoms with Gasteiger partial charge in [-0.25, -0.2) is 0 Å². The van der Waals surface area contributed by atoms with Gasteiger partial charge in [-0.15, -0.1) is 0 Å². The number of fused-ring (bicyclic) bond motifs is 1. The standard InChI is InChI=1S/C39H44BrF3N2O2Si/c1-27(47-6)35-31(18-13-23-44-35)36-33(32-24-28(40)19-20-34(32)45(36)26-39(41,42)43)25-37(2,3)21-22-38(4,5)48(46,29-14-9-7-10-15-29)30-16-11-8-12-17-30/h7-20,23-24,27,46H,21-22,25-26H2,1-6H3/t27-/m0/s1.